The maximum Gasteiger partial charge on any atom is 0.123 e. The third kappa shape index (κ3) is 2.86. The van der Waals surface area contributed by atoms with E-state index in [1.165, 1.54) is 12.1 Å². The molecule has 0 atom stereocenters. The lowest BCUT2D eigenvalue weighted by atomic mass is 10.1. The lowest BCUT2D eigenvalue weighted by Gasteiger charge is -2.09. The number of benzene rings is 2. The number of halogens is 1. The Balaban J connectivity index is 2.11. The van der Waals surface area contributed by atoms with Gasteiger partial charge in [-0.15, -0.1) is 0 Å². The monoisotopic (exact) mass is 241 g/mol. The lowest BCUT2D eigenvalue weighted by Crippen LogP contribution is -1.98. The van der Waals surface area contributed by atoms with Crippen molar-refractivity contribution >= 4 is 0 Å². The maximum atomic E-state index is 13.1. The molecule has 18 heavy (non-hydrogen) atoms. The highest BCUT2D eigenvalue weighted by Gasteiger charge is 2.02. The quantitative estimate of drug-likeness (QED) is 0.822. The molecule has 0 heterocycles. The highest BCUT2D eigenvalue weighted by molar-refractivity contribution is 5.36. The Hall–Kier alpha value is -2.34. The van der Waals surface area contributed by atoms with Crippen molar-refractivity contribution in [2.45, 2.75) is 13.5 Å². The molecule has 2 aromatic rings. The third-order valence-electron chi connectivity index (χ3n) is 2.67. The van der Waals surface area contributed by atoms with E-state index >= 15 is 0 Å². The van der Waals surface area contributed by atoms with Crippen molar-refractivity contribution in [3.05, 3.63) is 65.0 Å². The first-order chi connectivity index (χ1) is 8.69. The summed E-state index contributed by atoms with van der Waals surface area (Å²) in [5.41, 5.74) is 2.33. The highest BCUT2D eigenvalue weighted by atomic mass is 19.1. The predicted molar refractivity (Wildman–Crippen MR) is 66.6 cm³/mol. The van der Waals surface area contributed by atoms with Crippen LogP contribution in [-0.4, -0.2) is 0 Å². The van der Waals surface area contributed by atoms with Crippen molar-refractivity contribution in [2.24, 2.45) is 0 Å². The summed E-state index contributed by atoms with van der Waals surface area (Å²) in [7, 11) is 0. The summed E-state index contributed by atoms with van der Waals surface area (Å²) in [4.78, 5) is 0. The van der Waals surface area contributed by atoms with E-state index < -0.39 is 0 Å². The Morgan fingerprint density at radius 2 is 2.06 bits per heavy atom. The summed E-state index contributed by atoms with van der Waals surface area (Å²) in [6.45, 7) is 2.20. The zero-order chi connectivity index (χ0) is 13.0. The Bertz CT molecular complexity index is 602. The molecular formula is C15H12FNO. The van der Waals surface area contributed by atoms with Crippen LogP contribution in [0.15, 0.2) is 42.5 Å². The van der Waals surface area contributed by atoms with Gasteiger partial charge in [0.25, 0.3) is 0 Å². The number of hydrogen-bond donors (Lipinski definition) is 0. The zero-order valence-electron chi connectivity index (χ0n) is 9.98. The summed E-state index contributed by atoms with van der Waals surface area (Å²) in [6, 6.07) is 13.6. The second kappa shape index (κ2) is 5.33. The first-order valence-electron chi connectivity index (χ1n) is 5.57. The molecule has 90 valence electrons. The minimum Gasteiger partial charge on any atom is -0.489 e. The van der Waals surface area contributed by atoms with Crippen LogP contribution in [0.4, 0.5) is 4.39 Å². The molecular weight excluding hydrogens is 229 g/mol. The van der Waals surface area contributed by atoms with E-state index in [1.54, 1.807) is 30.3 Å². The Morgan fingerprint density at radius 1 is 1.22 bits per heavy atom. The minimum atomic E-state index is -0.273. The number of nitrogens with zero attached hydrogens (tertiary/aromatic N) is 1. The Labute approximate surface area is 105 Å². The minimum absolute atomic E-state index is 0.273. The molecule has 0 aliphatic carbocycles. The van der Waals surface area contributed by atoms with Gasteiger partial charge >= 0.3 is 0 Å². The van der Waals surface area contributed by atoms with Crippen LogP contribution < -0.4 is 4.74 Å². The molecule has 0 amide bonds. The number of hydrogen-bond acceptors (Lipinski definition) is 2. The molecule has 0 aromatic heterocycles. The van der Waals surface area contributed by atoms with Crippen molar-refractivity contribution in [3.8, 4) is 11.8 Å². The van der Waals surface area contributed by atoms with Crippen molar-refractivity contribution in [3.63, 3.8) is 0 Å². The molecule has 2 nitrogen and oxygen atoms in total. The van der Waals surface area contributed by atoms with Gasteiger partial charge < -0.3 is 4.74 Å². The first kappa shape index (κ1) is 12.1. The third-order valence-corrected chi connectivity index (χ3v) is 2.67. The van der Waals surface area contributed by atoms with Gasteiger partial charge in [0.2, 0.25) is 0 Å². The fraction of sp³-hybridized carbons (Fsp3) is 0.133. The van der Waals surface area contributed by atoms with E-state index in [-0.39, 0.29) is 5.82 Å². The molecule has 0 radical (unpaired) electrons. The smallest absolute Gasteiger partial charge is 0.123 e. The average molecular weight is 241 g/mol. The molecule has 3 heteroatoms. The van der Waals surface area contributed by atoms with E-state index in [0.717, 1.165) is 11.1 Å². The van der Waals surface area contributed by atoms with Crippen molar-refractivity contribution in [1.82, 2.24) is 0 Å². The van der Waals surface area contributed by atoms with Crippen molar-refractivity contribution in [2.75, 3.05) is 0 Å². The van der Waals surface area contributed by atoms with Crippen LogP contribution >= 0.6 is 0 Å². The summed E-state index contributed by atoms with van der Waals surface area (Å²) in [5, 5.41) is 8.77. The van der Waals surface area contributed by atoms with Crippen LogP contribution in [0.2, 0.25) is 0 Å². The average Bonchev–Trinajstić information content (AvgIpc) is 2.40. The molecule has 0 saturated carbocycles. The molecule has 0 unspecified atom stereocenters. The van der Waals surface area contributed by atoms with Gasteiger partial charge in [-0.3, -0.25) is 0 Å². The molecule has 0 N–H and O–H groups in total. The van der Waals surface area contributed by atoms with Crippen LogP contribution in [0.1, 0.15) is 16.7 Å². The van der Waals surface area contributed by atoms with Gasteiger partial charge in [0.15, 0.2) is 0 Å². The molecule has 0 spiro atoms. The van der Waals surface area contributed by atoms with Crippen LogP contribution in [0.25, 0.3) is 0 Å². The Kier molecular flexibility index (Phi) is 3.59. The topological polar surface area (TPSA) is 33.0 Å². The normalized spacial score (nSPS) is 9.83. The fourth-order valence-electron chi connectivity index (χ4n) is 1.61. The second-order valence-electron chi connectivity index (χ2n) is 4.00. The SMILES string of the molecule is Cc1ccc(F)cc1COc1cccc(C#N)c1. The van der Waals surface area contributed by atoms with E-state index in [4.69, 9.17) is 10.00 Å². The van der Waals surface area contributed by atoms with E-state index in [2.05, 4.69) is 0 Å². The largest absolute Gasteiger partial charge is 0.489 e. The summed E-state index contributed by atoms with van der Waals surface area (Å²) in [6.07, 6.45) is 0. The van der Waals surface area contributed by atoms with Gasteiger partial charge in [0.05, 0.1) is 11.6 Å². The molecule has 0 saturated heterocycles. The molecule has 2 aromatic carbocycles. The van der Waals surface area contributed by atoms with Crippen LogP contribution in [0.3, 0.4) is 0 Å². The number of ether oxygens (including phenoxy) is 1. The lowest BCUT2D eigenvalue weighted by molar-refractivity contribution is 0.304. The predicted octanol–water partition coefficient (Wildman–Crippen LogP) is 3.58. The fourth-order valence-corrected chi connectivity index (χ4v) is 1.61. The van der Waals surface area contributed by atoms with Crippen molar-refractivity contribution < 1.29 is 9.13 Å². The van der Waals surface area contributed by atoms with Crippen LogP contribution in [0.5, 0.6) is 5.75 Å². The highest BCUT2D eigenvalue weighted by Crippen LogP contribution is 2.17. The molecule has 0 aliphatic heterocycles. The van der Waals surface area contributed by atoms with Gasteiger partial charge in [-0.25, -0.2) is 4.39 Å². The summed E-state index contributed by atoms with van der Waals surface area (Å²) < 4.78 is 18.6. The molecule has 0 fully saturated rings. The second-order valence-corrected chi connectivity index (χ2v) is 4.00. The van der Waals surface area contributed by atoms with Crippen LogP contribution in [-0.2, 0) is 6.61 Å². The van der Waals surface area contributed by atoms with E-state index in [0.29, 0.717) is 17.9 Å². The summed E-state index contributed by atoms with van der Waals surface area (Å²) >= 11 is 0. The van der Waals surface area contributed by atoms with Gasteiger partial charge in [-0.2, -0.15) is 5.26 Å². The van der Waals surface area contributed by atoms with Gasteiger partial charge in [-0.1, -0.05) is 12.1 Å². The van der Waals surface area contributed by atoms with Crippen molar-refractivity contribution in [1.29, 1.82) is 5.26 Å². The number of rotatable bonds is 3. The number of nitriles is 1. The molecule has 0 aliphatic rings. The first-order valence-corrected chi connectivity index (χ1v) is 5.57. The molecule has 2 rings (SSSR count). The van der Waals surface area contributed by atoms with E-state index in [9.17, 15) is 4.39 Å². The zero-order valence-corrected chi connectivity index (χ0v) is 9.98. The van der Waals surface area contributed by atoms with Gasteiger partial charge in [-0.05, 0) is 48.4 Å². The van der Waals surface area contributed by atoms with Gasteiger partial charge in [0, 0.05) is 0 Å². The van der Waals surface area contributed by atoms with E-state index in [1.807, 2.05) is 13.0 Å². The maximum absolute atomic E-state index is 13.1. The van der Waals surface area contributed by atoms with Crippen LogP contribution in [0, 0.1) is 24.1 Å². The number of aryl methyl sites for hydroxylation is 1. The summed E-state index contributed by atoms with van der Waals surface area (Å²) in [5.74, 6) is 0.336. The van der Waals surface area contributed by atoms with Gasteiger partial charge in [0.1, 0.15) is 18.2 Å². The standard InChI is InChI=1S/C15H12FNO/c1-11-5-6-14(16)8-13(11)10-18-15-4-2-3-12(7-15)9-17/h2-8H,10H2,1H3. The Morgan fingerprint density at radius 3 is 2.83 bits per heavy atom. The molecule has 0 bridgehead atoms.